The summed E-state index contributed by atoms with van der Waals surface area (Å²) >= 11 is 8.06. The van der Waals surface area contributed by atoms with Crippen LogP contribution in [0, 0.1) is 14.9 Å². The van der Waals surface area contributed by atoms with Crippen LogP contribution in [0.25, 0.3) is 0 Å². The molecule has 0 fully saturated rings. The van der Waals surface area contributed by atoms with E-state index in [0.717, 1.165) is 3.57 Å². The Balaban J connectivity index is 2.51. The predicted molar refractivity (Wildman–Crippen MR) is 83.8 cm³/mol. The molecule has 4 heteroatoms. The normalized spacial score (nSPS) is 13.6. The number of hydrogen-bond donors (Lipinski definition) is 1. The first-order valence-electron chi connectivity index (χ1n) is 5.68. The van der Waals surface area contributed by atoms with Gasteiger partial charge in [0.25, 0.3) is 0 Å². The fraction of sp³-hybridized carbons (Fsp3) is 0.133. The Hall–Kier alpha value is -1.09. The first kappa shape index (κ1) is 14.3. The second-order valence-corrected chi connectivity index (χ2v) is 5.89. The van der Waals surface area contributed by atoms with E-state index in [2.05, 4.69) is 22.6 Å². The minimum absolute atomic E-state index is 0.00474. The zero-order valence-corrected chi connectivity index (χ0v) is 12.9. The van der Waals surface area contributed by atoms with E-state index in [9.17, 15) is 5.11 Å². The highest BCUT2D eigenvalue weighted by Crippen LogP contribution is 2.33. The highest BCUT2D eigenvalue weighted by atomic mass is 127. The molecule has 2 rings (SSSR count). The van der Waals surface area contributed by atoms with Gasteiger partial charge in [0.1, 0.15) is 5.60 Å². The standard InChI is InChI=1S/C15H11ClINO/c16-13-5-1-11(2-6-13)15(19,9-10-18)12-3-7-14(17)8-4-12/h1-8,19H,9H2. The summed E-state index contributed by atoms with van der Waals surface area (Å²) in [5.41, 5.74) is 0.0698. The average Bonchev–Trinajstić information content (AvgIpc) is 2.40. The van der Waals surface area contributed by atoms with Crippen molar-refractivity contribution in [2.24, 2.45) is 0 Å². The van der Waals surface area contributed by atoms with Gasteiger partial charge < -0.3 is 5.11 Å². The summed E-state index contributed by atoms with van der Waals surface area (Å²) in [6.45, 7) is 0. The molecule has 0 saturated heterocycles. The average molecular weight is 384 g/mol. The molecule has 1 unspecified atom stereocenters. The highest BCUT2D eigenvalue weighted by molar-refractivity contribution is 14.1. The molecular weight excluding hydrogens is 373 g/mol. The smallest absolute Gasteiger partial charge is 0.128 e. The Bertz CT molecular complexity index is 556. The lowest BCUT2D eigenvalue weighted by molar-refractivity contribution is 0.0860. The van der Waals surface area contributed by atoms with Crippen molar-refractivity contribution < 1.29 is 5.11 Å². The number of hydrogen-bond acceptors (Lipinski definition) is 2. The molecule has 1 atom stereocenters. The van der Waals surface area contributed by atoms with Crippen LogP contribution in [0.1, 0.15) is 17.5 Å². The SMILES string of the molecule is N#CCC(O)(c1ccc(Cl)cc1)c1ccc(I)cc1. The fourth-order valence-electron chi connectivity index (χ4n) is 1.94. The Morgan fingerprint density at radius 1 is 1.05 bits per heavy atom. The van der Waals surface area contributed by atoms with Crippen LogP contribution in [0.3, 0.4) is 0 Å². The maximum atomic E-state index is 10.9. The van der Waals surface area contributed by atoms with E-state index in [1.54, 1.807) is 24.3 Å². The van der Waals surface area contributed by atoms with E-state index in [-0.39, 0.29) is 6.42 Å². The van der Waals surface area contributed by atoms with Crippen molar-refractivity contribution in [3.05, 3.63) is 68.3 Å². The maximum Gasteiger partial charge on any atom is 0.128 e. The van der Waals surface area contributed by atoms with Crippen LogP contribution in [0.4, 0.5) is 0 Å². The predicted octanol–water partition coefficient (Wildman–Crippen LogP) is 4.09. The zero-order chi connectivity index (χ0) is 13.9. The van der Waals surface area contributed by atoms with Crippen LogP contribution in [0.2, 0.25) is 5.02 Å². The largest absolute Gasteiger partial charge is 0.379 e. The molecule has 0 aliphatic carbocycles. The minimum Gasteiger partial charge on any atom is -0.379 e. The van der Waals surface area contributed by atoms with Crippen molar-refractivity contribution in [2.45, 2.75) is 12.0 Å². The summed E-state index contributed by atoms with van der Waals surface area (Å²) in [6.07, 6.45) is -0.00474. The van der Waals surface area contributed by atoms with E-state index in [1.807, 2.05) is 30.3 Å². The van der Waals surface area contributed by atoms with Crippen molar-refractivity contribution in [2.75, 3.05) is 0 Å². The van der Waals surface area contributed by atoms with Gasteiger partial charge in [-0.05, 0) is 58.0 Å². The van der Waals surface area contributed by atoms with Crippen molar-refractivity contribution in [1.82, 2.24) is 0 Å². The van der Waals surface area contributed by atoms with E-state index in [0.29, 0.717) is 16.1 Å². The van der Waals surface area contributed by atoms with Gasteiger partial charge in [0, 0.05) is 8.59 Å². The summed E-state index contributed by atoms with van der Waals surface area (Å²) in [6, 6.07) is 16.5. The van der Waals surface area contributed by atoms with Gasteiger partial charge in [-0.3, -0.25) is 0 Å². The lowest BCUT2D eigenvalue weighted by Crippen LogP contribution is -2.26. The summed E-state index contributed by atoms with van der Waals surface area (Å²) in [5, 5.41) is 20.5. The fourth-order valence-corrected chi connectivity index (χ4v) is 2.42. The highest BCUT2D eigenvalue weighted by Gasteiger charge is 2.31. The quantitative estimate of drug-likeness (QED) is 0.811. The van der Waals surface area contributed by atoms with Crippen molar-refractivity contribution in [3.8, 4) is 6.07 Å². The van der Waals surface area contributed by atoms with E-state index in [4.69, 9.17) is 16.9 Å². The van der Waals surface area contributed by atoms with E-state index < -0.39 is 5.60 Å². The minimum atomic E-state index is -1.30. The van der Waals surface area contributed by atoms with Crippen molar-refractivity contribution >= 4 is 34.2 Å². The molecule has 2 nitrogen and oxygen atoms in total. The third kappa shape index (κ3) is 3.08. The van der Waals surface area contributed by atoms with Crippen LogP contribution >= 0.6 is 34.2 Å². The molecule has 0 spiro atoms. The van der Waals surface area contributed by atoms with Gasteiger partial charge in [0.2, 0.25) is 0 Å². The molecule has 19 heavy (non-hydrogen) atoms. The van der Waals surface area contributed by atoms with Crippen LogP contribution in [0.5, 0.6) is 0 Å². The zero-order valence-electron chi connectivity index (χ0n) is 9.98. The van der Waals surface area contributed by atoms with E-state index >= 15 is 0 Å². The number of rotatable bonds is 3. The molecule has 0 bridgehead atoms. The molecule has 0 radical (unpaired) electrons. The van der Waals surface area contributed by atoms with Gasteiger partial charge in [0.05, 0.1) is 12.5 Å². The second kappa shape index (κ2) is 5.91. The molecule has 0 saturated carbocycles. The lowest BCUT2D eigenvalue weighted by Gasteiger charge is -2.27. The van der Waals surface area contributed by atoms with Gasteiger partial charge in [-0.2, -0.15) is 5.26 Å². The summed E-state index contributed by atoms with van der Waals surface area (Å²) in [7, 11) is 0. The Labute approximate surface area is 130 Å². The van der Waals surface area contributed by atoms with Crippen molar-refractivity contribution in [1.29, 1.82) is 5.26 Å². The Morgan fingerprint density at radius 3 is 2.00 bits per heavy atom. The van der Waals surface area contributed by atoms with Gasteiger partial charge >= 0.3 is 0 Å². The number of aliphatic hydroxyl groups is 1. The summed E-state index contributed by atoms with van der Waals surface area (Å²) < 4.78 is 1.08. The van der Waals surface area contributed by atoms with Gasteiger partial charge in [-0.15, -0.1) is 0 Å². The molecular formula is C15H11ClINO. The molecule has 0 aliphatic heterocycles. The molecule has 0 heterocycles. The van der Waals surface area contributed by atoms with Crippen LogP contribution < -0.4 is 0 Å². The van der Waals surface area contributed by atoms with Crippen LogP contribution in [-0.4, -0.2) is 5.11 Å². The second-order valence-electron chi connectivity index (χ2n) is 4.21. The van der Waals surface area contributed by atoms with E-state index in [1.165, 1.54) is 0 Å². The Morgan fingerprint density at radius 2 is 1.53 bits per heavy atom. The molecule has 0 aromatic heterocycles. The number of nitriles is 1. The third-order valence-electron chi connectivity index (χ3n) is 2.98. The summed E-state index contributed by atoms with van der Waals surface area (Å²) in [5.74, 6) is 0. The molecule has 96 valence electrons. The third-order valence-corrected chi connectivity index (χ3v) is 3.95. The lowest BCUT2D eigenvalue weighted by atomic mass is 9.84. The molecule has 2 aromatic carbocycles. The first-order valence-corrected chi connectivity index (χ1v) is 7.13. The van der Waals surface area contributed by atoms with Gasteiger partial charge in [-0.25, -0.2) is 0 Å². The number of nitrogens with zero attached hydrogens (tertiary/aromatic N) is 1. The number of halogens is 2. The van der Waals surface area contributed by atoms with Gasteiger partial charge in [-0.1, -0.05) is 35.9 Å². The molecule has 1 N–H and O–H groups in total. The van der Waals surface area contributed by atoms with Crippen LogP contribution in [0.15, 0.2) is 48.5 Å². The topological polar surface area (TPSA) is 44.0 Å². The maximum absolute atomic E-state index is 10.9. The van der Waals surface area contributed by atoms with Gasteiger partial charge in [0.15, 0.2) is 0 Å². The first-order chi connectivity index (χ1) is 9.06. The van der Waals surface area contributed by atoms with Crippen molar-refractivity contribution in [3.63, 3.8) is 0 Å². The Kier molecular flexibility index (Phi) is 4.46. The molecule has 2 aromatic rings. The molecule has 0 amide bonds. The monoisotopic (exact) mass is 383 g/mol. The molecule has 0 aliphatic rings. The van der Waals surface area contributed by atoms with Crippen LogP contribution in [-0.2, 0) is 5.60 Å². The summed E-state index contributed by atoms with van der Waals surface area (Å²) in [4.78, 5) is 0. The number of benzene rings is 2.